The summed E-state index contributed by atoms with van der Waals surface area (Å²) in [6.45, 7) is 13.6. The Morgan fingerprint density at radius 1 is 1.08 bits per heavy atom. The third-order valence-electron chi connectivity index (χ3n) is 3.35. The van der Waals surface area contributed by atoms with E-state index in [4.69, 9.17) is 13.8 Å². The van der Waals surface area contributed by atoms with Crippen molar-refractivity contribution in [2.75, 3.05) is 18.1 Å². The molecule has 0 bridgehead atoms. The molecule has 0 unspecified atom stereocenters. The van der Waals surface area contributed by atoms with E-state index in [1.807, 2.05) is 58.9 Å². The Hall–Kier alpha value is -1.36. The van der Waals surface area contributed by atoms with Gasteiger partial charge in [0.25, 0.3) is 0 Å². The molecule has 0 aliphatic rings. The highest BCUT2D eigenvalue weighted by molar-refractivity contribution is 7.53. The van der Waals surface area contributed by atoms with E-state index in [2.05, 4.69) is 0 Å². The van der Waals surface area contributed by atoms with Crippen LogP contribution in [0.15, 0.2) is 24.3 Å². The average Bonchev–Trinajstić information content (AvgIpc) is 2.47. The zero-order valence-electron chi connectivity index (χ0n) is 16.9. The number of benzene rings is 1. The molecule has 26 heavy (non-hydrogen) atoms. The fourth-order valence-electron chi connectivity index (χ4n) is 2.43. The summed E-state index contributed by atoms with van der Waals surface area (Å²) in [5.41, 5.74) is 0.985. The summed E-state index contributed by atoms with van der Waals surface area (Å²) >= 11 is 0. The van der Waals surface area contributed by atoms with Gasteiger partial charge in [0.15, 0.2) is 0 Å². The first-order chi connectivity index (χ1) is 12.0. The number of carbonyl (C=O) groups is 1. The SMILES string of the molecule is CCOP(=O)(Cc1ccc(N(C(=O)OC(C)(C)C)C(C)C)cc1)OCC. The van der Waals surface area contributed by atoms with Crippen LogP contribution in [0.2, 0.25) is 0 Å². The lowest BCUT2D eigenvalue weighted by Gasteiger charge is -2.30. The van der Waals surface area contributed by atoms with Gasteiger partial charge in [-0.15, -0.1) is 0 Å². The van der Waals surface area contributed by atoms with Gasteiger partial charge in [-0.05, 0) is 66.2 Å². The van der Waals surface area contributed by atoms with Gasteiger partial charge in [0.05, 0.1) is 19.4 Å². The molecule has 1 amide bonds. The van der Waals surface area contributed by atoms with Crippen molar-refractivity contribution in [3.05, 3.63) is 29.8 Å². The van der Waals surface area contributed by atoms with Gasteiger partial charge in [0, 0.05) is 11.7 Å². The minimum atomic E-state index is -3.15. The molecule has 0 radical (unpaired) electrons. The summed E-state index contributed by atoms with van der Waals surface area (Å²) in [6.07, 6.45) is -0.196. The molecule has 0 aliphatic heterocycles. The quantitative estimate of drug-likeness (QED) is 0.545. The summed E-state index contributed by atoms with van der Waals surface area (Å²) in [5, 5.41) is 0. The third kappa shape index (κ3) is 7.10. The average molecular weight is 385 g/mol. The molecule has 7 heteroatoms. The van der Waals surface area contributed by atoms with Crippen LogP contribution in [-0.2, 0) is 24.5 Å². The van der Waals surface area contributed by atoms with E-state index < -0.39 is 19.3 Å². The van der Waals surface area contributed by atoms with E-state index >= 15 is 0 Å². The smallest absolute Gasteiger partial charge is 0.415 e. The predicted molar refractivity (Wildman–Crippen MR) is 105 cm³/mol. The lowest BCUT2D eigenvalue weighted by Crippen LogP contribution is -2.41. The van der Waals surface area contributed by atoms with Crippen LogP contribution in [-0.4, -0.2) is 30.9 Å². The molecule has 1 aromatic rings. The van der Waals surface area contributed by atoms with E-state index in [1.165, 1.54) is 0 Å². The van der Waals surface area contributed by atoms with Crippen molar-refractivity contribution in [3.63, 3.8) is 0 Å². The Balaban J connectivity index is 2.98. The number of ether oxygens (including phenoxy) is 1. The predicted octanol–water partition coefficient (Wildman–Crippen LogP) is 5.60. The monoisotopic (exact) mass is 385 g/mol. The van der Waals surface area contributed by atoms with Crippen molar-refractivity contribution in [1.82, 2.24) is 0 Å². The van der Waals surface area contributed by atoms with Crippen LogP contribution in [0.1, 0.15) is 54.0 Å². The van der Waals surface area contributed by atoms with Gasteiger partial charge in [-0.1, -0.05) is 12.1 Å². The molecule has 0 saturated heterocycles. The highest BCUT2D eigenvalue weighted by Gasteiger charge is 2.27. The zero-order chi connectivity index (χ0) is 20.0. The molecule has 1 rings (SSSR count). The van der Waals surface area contributed by atoms with E-state index in [0.29, 0.717) is 13.2 Å². The lowest BCUT2D eigenvalue weighted by atomic mass is 10.2. The van der Waals surface area contributed by atoms with Crippen molar-refractivity contribution in [3.8, 4) is 0 Å². The maximum atomic E-state index is 12.6. The molecular formula is C19H32NO5P. The highest BCUT2D eigenvalue weighted by atomic mass is 31.2. The summed E-state index contributed by atoms with van der Waals surface area (Å²) in [6, 6.07) is 7.25. The Morgan fingerprint density at radius 3 is 1.96 bits per heavy atom. The van der Waals surface area contributed by atoms with Crippen molar-refractivity contribution in [1.29, 1.82) is 0 Å². The van der Waals surface area contributed by atoms with Crippen LogP contribution in [0.3, 0.4) is 0 Å². The molecule has 148 valence electrons. The van der Waals surface area contributed by atoms with E-state index in [1.54, 1.807) is 18.7 Å². The van der Waals surface area contributed by atoms with Crippen LogP contribution < -0.4 is 4.90 Å². The molecule has 6 nitrogen and oxygen atoms in total. The molecule has 0 aliphatic carbocycles. The molecule has 0 saturated carbocycles. The maximum Gasteiger partial charge on any atom is 0.415 e. The summed E-state index contributed by atoms with van der Waals surface area (Å²) in [4.78, 5) is 14.1. The summed E-state index contributed by atoms with van der Waals surface area (Å²) in [5.74, 6) is 0. The molecule has 0 heterocycles. The topological polar surface area (TPSA) is 65.1 Å². The van der Waals surface area contributed by atoms with E-state index in [0.717, 1.165) is 11.3 Å². The number of hydrogen-bond donors (Lipinski definition) is 0. The van der Waals surface area contributed by atoms with Crippen LogP contribution in [0, 0.1) is 0 Å². The lowest BCUT2D eigenvalue weighted by molar-refractivity contribution is 0.0570. The zero-order valence-corrected chi connectivity index (χ0v) is 17.8. The number of rotatable bonds is 8. The first kappa shape index (κ1) is 22.7. The van der Waals surface area contributed by atoms with Gasteiger partial charge in [-0.25, -0.2) is 4.79 Å². The van der Waals surface area contributed by atoms with Crippen molar-refractivity contribution in [2.24, 2.45) is 0 Å². The minimum Gasteiger partial charge on any atom is -0.443 e. The van der Waals surface area contributed by atoms with Gasteiger partial charge in [0.2, 0.25) is 0 Å². The second-order valence-electron chi connectivity index (χ2n) is 7.22. The van der Waals surface area contributed by atoms with E-state index in [-0.39, 0.29) is 12.2 Å². The minimum absolute atomic E-state index is 0.0614. The maximum absolute atomic E-state index is 12.6. The standard InChI is InChI=1S/C19H32NO5P/c1-8-23-26(22,24-9-2)14-16-10-12-17(13-11-16)20(15(3)4)18(21)25-19(5,6)7/h10-13,15H,8-9,14H2,1-7H3. The second-order valence-corrected chi connectivity index (χ2v) is 9.27. The fraction of sp³-hybridized carbons (Fsp3) is 0.632. The number of anilines is 1. The summed E-state index contributed by atoms with van der Waals surface area (Å²) in [7, 11) is -3.15. The Kier molecular flexibility index (Phi) is 8.32. The number of amides is 1. The summed E-state index contributed by atoms with van der Waals surface area (Å²) < 4.78 is 28.8. The van der Waals surface area contributed by atoms with Crippen molar-refractivity contribution in [2.45, 2.75) is 66.3 Å². The molecule has 0 N–H and O–H groups in total. The first-order valence-corrected chi connectivity index (χ1v) is 10.7. The number of nitrogens with zero attached hydrogens (tertiary/aromatic N) is 1. The molecule has 0 aromatic heterocycles. The number of carbonyl (C=O) groups excluding carboxylic acids is 1. The Labute approximate surface area is 157 Å². The molecule has 0 fully saturated rings. The van der Waals surface area contributed by atoms with Gasteiger partial charge >= 0.3 is 13.7 Å². The second kappa shape index (κ2) is 9.54. The van der Waals surface area contributed by atoms with Crippen LogP contribution in [0.5, 0.6) is 0 Å². The normalized spacial score (nSPS) is 12.3. The largest absolute Gasteiger partial charge is 0.443 e. The Bertz CT molecular complexity index is 612. The molecule has 0 atom stereocenters. The molecular weight excluding hydrogens is 353 g/mol. The fourth-order valence-corrected chi connectivity index (χ4v) is 4.13. The van der Waals surface area contributed by atoms with Crippen LogP contribution >= 0.6 is 7.60 Å². The van der Waals surface area contributed by atoms with E-state index in [9.17, 15) is 9.36 Å². The number of hydrogen-bond acceptors (Lipinski definition) is 5. The van der Waals surface area contributed by atoms with Crippen LogP contribution in [0.25, 0.3) is 0 Å². The van der Waals surface area contributed by atoms with Gasteiger partial charge in [0.1, 0.15) is 5.60 Å². The van der Waals surface area contributed by atoms with Crippen LogP contribution in [0.4, 0.5) is 10.5 Å². The van der Waals surface area contributed by atoms with Gasteiger partial charge < -0.3 is 13.8 Å². The van der Waals surface area contributed by atoms with Crippen molar-refractivity contribution >= 4 is 19.4 Å². The Morgan fingerprint density at radius 2 is 1.58 bits per heavy atom. The van der Waals surface area contributed by atoms with Gasteiger partial charge in [-0.3, -0.25) is 9.46 Å². The molecule has 0 spiro atoms. The van der Waals surface area contributed by atoms with Crippen molar-refractivity contribution < 1.29 is 23.1 Å². The first-order valence-electron chi connectivity index (χ1n) is 9.00. The van der Waals surface area contributed by atoms with Gasteiger partial charge in [-0.2, -0.15) is 0 Å². The molecule has 1 aromatic carbocycles. The highest BCUT2D eigenvalue weighted by Crippen LogP contribution is 2.51. The third-order valence-corrected chi connectivity index (χ3v) is 5.40.